The zero-order valence-corrected chi connectivity index (χ0v) is 21.3. The van der Waals surface area contributed by atoms with Crippen LogP contribution in [0.2, 0.25) is 0 Å². The van der Waals surface area contributed by atoms with E-state index < -0.39 is 10.8 Å². The van der Waals surface area contributed by atoms with E-state index in [1.165, 1.54) is 17.0 Å². The Morgan fingerprint density at radius 3 is 2.58 bits per heavy atom. The van der Waals surface area contributed by atoms with Crippen LogP contribution in [-0.2, 0) is 4.79 Å². The van der Waals surface area contributed by atoms with Crippen molar-refractivity contribution in [3.05, 3.63) is 86.0 Å². The van der Waals surface area contributed by atoms with Crippen LogP contribution in [0, 0.1) is 24.0 Å². The zero-order valence-electron chi connectivity index (χ0n) is 20.4. The van der Waals surface area contributed by atoms with Gasteiger partial charge in [-0.2, -0.15) is 0 Å². The van der Waals surface area contributed by atoms with Gasteiger partial charge in [-0.1, -0.05) is 26.0 Å². The second-order valence-electron chi connectivity index (χ2n) is 8.84. The smallest absolute Gasteiger partial charge is 0.293 e. The van der Waals surface area contributed by atoms with Crippen LogP contribution >= 0.6 is 11.8 Å². The lowest BCUT2D eigenvalue weighted by atomic mass is 10.0. The summed E-state index contributed by atoms with van der Waals surface area (Å²) in [5.41, 5.74) is 3.38. The highest BCUT2D eigenvalue weighted by molar-refractivity contribution is 8.18. The van der Waals surface area contributed by atoms with E-state index in [4.69, 9.17) is 9.15 Å². The largest absolute Gasteiger partial charge is 0.491 e. The standard InChI is InChI=1S/C27H26N2O6S/c1-16(2)21-8-5-17(3)13-24(21)34-12-11-28-26(30)25(36-27(28)31)15-20-7-10-23(35-20)19-6-9-22(29(32)33)18(4)14-19/h5-10,13-16H,11-12H2,1-4H3/b25-15-. The number of nitrogens with zero attached hydrogens (tertiary/aromatic N) is 2. The van der Waals surface area contributed by atoms with Crippen molar-refractivity contribution in [3.63, 3.8) is 0 Å². The second kappa shape index (κ2) is 10.4. The van der Waals surface area contributed by atoms with Crippen LogP contribution < -0.4 is 4.74 Å². The number of benzene rings is 2. The Labute approximate surface area is 213 Å². The van der Waals surface area contributed by atoms with Gasteiger partial charge in [-0.05, 0) is 73.0 Å². The first kappa shape index (κ1) is 25.2. The maximum atomic E-state index is 12.9. The molecule has 2 amide bonds. The van der Waals surface area contributed by atoms with E-state index >= 15 is 0 Å². The number of amides is 2. The molecule has 2 heterocycles. The zero-order chi connectivity index (χ0) is 26.0. The Morgan fingerprint density at radius 1 is 1.11 bits per heavy atom. The summed E-state index contributed by atoms with van der Waals surface area (Å²) >= 11 is 0.854. The molecule has 0 saturated carbocycles. The Hall–Kier alpha value is -3.85. The molecule has 3 aromatic rings. The summed E-state index contributed by atoms with van der Waals surface area (Å²) < 4.78 is 11.8. The highest BCUT2D eigenvalue weighted by Crippen LogP contribution is 2.34. The number of carbonyl (C=O) groups is 2. The van der Waals surface area contributed by atoms with E-state index in [0.717, 1.165) is 28.6 Å². The van der Waals surface area contributed by atoms with Gasteiger partial charge in [0.25, 0.3) is 16.8 Å². The number of nitro groups is 1. The molecule has 0 atom stereocenters. The molecule has 9 heteroatoms. The number of furan rings is 1. The predicted octanol–water partition coefficient (Wildman–Crippen LogP) is 6.71. The summed E-state index contributed by atoms with van der Waals surface area (Å²) in [5, 5.41) is 10.7. The molecule has 0 aliphatic carbocycles. The van der Waals surface area contributed by atoms with Gasteiger partial charge in [0.2, 0.25) is 0 Å². The lowest BCUT2D eigenvalue weighted by molar-refractivity contribution is -0.385. The number of hydrogen-bond donors (Lipinski definition) is 0. The number of rotatable bonds is 8. The summed E-state index contributed by atoms with van der Waals surface area (Å²) in [6.45, 7) is 8.15. The SMILES string of the molecule is Cc1ccc(C(C)C)c(OCCN2C(=O)S/C(=C\c3ccc(-c4ccc([N+](=O)[O-])c(C)c4)o3)C2=O)c1. The van der Waals surface area contributed by atoms with Gasteiger partial charge < -0.3 is 9.15 Å². The lowest BCUT2D eigenvalue weighted by Crippen LogP contribution is -2.32. The number of hydrogen-bond acceptors (Lipinski definition) is 7. The number of carbonyl (C=O) groups excluding carboxylic acids is 2. The Morgan fingerprint density at radius 2 is 1.89 bits per heavy atom. The van der Waals surface area contributed by atoms with Gasteiger partial charge in [0, 0.05) is 23.3 Å². The summed E-state index contributed by atoms with van der Waals surface area (Å²) in [7, 11) is 0. The first-order valence-electron chi connectivity index (χ1n) is 11.5. The molecule has 186 valence electrons. The molecule has 0 bridgehead atoms. The van der Waals surface area contributed by atoms with Crippen LogP contribution in [0.4, 0.5) is 10.5 Å². The van der Waals surface area contributed by atoms with Gasteiger partial charge in [-0.3, -0.25) is 24.6 Å². The molecule has 1 aliphatic heterocycles. The van der Waals surface area contributed by atoms with Crippen molar-refractivity contribution in [2.24, 2.45) is 0 Å². The van der Waals surface area contributed by atoms with Crippen molar-refractivity contribution in [1.29, 1.82) is 0 Å². The highest BCUT2D eigenvalue weighted by Gasteiger charge is 2.35. The molecule has 1 fully saturated rings. The lowest BCUT2D eigenvalue weighted by Gasteiger charge is -2.17. The molecule has 0 radical (unpaired) electrons. The van der Waals surface area contributed by atoms with Crippen molar-refractivity contribution >= 4 is 34.7 Å². The molecule has 0 N–H and O–H groups in total. The van der Waals surface area contributed by atoms with E-state index in [1.54, 1.807) is 31.2 Å². The fourth-order valence-electron chi connectivity index (χ4n) is 3.91. The molecule has 1 saturated heterocycles. The Balaban J connectivity index is 1.43. The molecule has 1 aromatic heterocycles. The molecule has 0 spiro atoms. The number of ether oxygens (including phenoxy) is 1. The number of imide groups is 1. The summed E-state index contributed by atoms with van der Waals surface area (Å²) in [6, 6.07) is 14.2. The van der Waals surface area contributed by atoms with E-state index in [2.05, 4.69) is 13.8 Å². The number of aryl methyl sites for hydroxylation is 2. The van der Waals surface area contributed by atoms with E-state index in [1.807, 2.05) is 25.1 Å². The van der Waals surface area contributed by atoms with Crippen LogP contribution in [0.1, 0.15) is 42.2 Å². The molecule has 0 unspecified atom stereocenters. The minimum atomic E-state index is -0.433. The van der Waals surface area contributed by atoms with Crippen molar-refractivity contribution in [3.8, 4) is 17.1 Å². The fourth-order valence-corrected chi connectivity index (χ4v) is 4.76. The second-order valence-corrected chi connectivity index (χ2v) is 9.83. The van der Waals surface area contributed by atoms with Crippen LogP contribution in [0.15, 0.2) is 57.9 Å². The predicted molar refractivity (Wildman–Crippen MR) is 139 cm³/mol. The minimum absolute atomic E-state index is 0.0333. The third-order valence-electron chi connectivity index (χ3n) is 5.82. The highest BCUT2D eigenvalue weighted by atomic mass is 32.2. The van der Waals surface area contributed by atoms with E-state index in [9.17, 15) is 19.7 Å². The van der Waals surface area contributed by atoms with Crippen LogP contribution in [0.5, 0.6) is 5.75 Å². The Bertz CT molecular complexity index is 1370. The van der Waals surface area contributed by atoms with Crippen molar-refractivity contribution in [1.82, 2.24) is 4.90 Å². The van der Waals surface area contributed by atoms with Gasteiger partial charge in [0.05, 0.1) is 16.4 Å². The third-order valence-corrected chi connectivity index (χ3v) is 6.72. The first-order chi connectivity index (χ1) is 17.1. The van der Waals surface area contributed by atoms with Gasteiger partial charge in [-0.15, -0.1) is 0 Å². The van der Waals surface area contributed by atoms with Gasteiger partial charge in [0.1, 0.15) is 23.9 Å². The summed E-state index contributed by atoms with van der Waals surface area (Å²) in [6.07, 6.45) is 1.53. The summed E-state index contributed by atoms with van der Waals surface area (Å²) in [5.74, 6) is 1.56. The van der Waals surface area contributed by atoms with E-state index in [-0.39, 0.29) is 34.9 Å². The fraction of sp³-hybridized carbons (Fsp3) is 0.259. The maximum Gasteiger partial charge on any atom is 0.293 e. The summed E-state index contributed by atoms with van der Waals surface area (Å²) in [4.78, 5) is 37.4. The molecule has 8 nitrogen and oxygen atoms in total. The third kappa shape index (κ3) is 5.36. The minimum Gasteiger partial charge on any atom is -0.491 e. The topological polar surface area (TPSA) is 103 Å². The molecule has 2 aromatic carbocycles. The van der Waals surface area contributed by atoms with Crippen LogP contribution in [0.25, 0.3) is 17.4 Å². The number of nitro benzene ring substituents is 1. The molecule has 36 heavy (non-hydrogen) atoms. The van der Waals surface area contributed by atoms with Crippen LogP contribution in [-0.4, -0.2) is 34.1 Å². The Kier molecular flexibility index (Phi) is 7.30. The van der Waals surface area contributed by atoms with Crippen LogP contribution in [0.3, 0.4) is 0 Å². The van der Waals surface area contributed by atoms with Gasteiger partial charge in [0.15, 0.2) is 0 Å². The van der Waals surface area contributed by atoms with Gasteiger partial charge >= 0.3 is 0 Å². The molecular formula is C27H26N2O6S. The van der Waals surface area contributed by atoms with Crippen molar-refractivity contribution in [2.75, 3.05) is 13.2 Å². The molecule has 4 rings (SSSR count). The van der Waals surface area contributed by atoms with Crippen molar-refractivity contribution in [2.45, 2.75) is 33.6 Å². The average molecular weight is 507 g/mol. The first-order valence-corrected chi connectivity index (χ1v) is 12.3. The number of thioether (sulfide) groups is 1. The van der Waals surface area contributed by atoms with E-state index in [0.29, 0.717) is 22.6 Å². The average Bonchev–Trinajstić information content (AvgIpc) is 3.38. The maximum absolute atomic E-state index is 12.9. The quantitative estimate of drug-likeness (QED) is 0.190. The molecule has 1 aliphatic rings. The monoisotopic (exact) mass is 506 g/mol. The van der Waals surface area contributed by atoms with Gasteiger partial charge in [-0.25, -0.2) is 0 Å². The van der Waals surface area contributed by atoms with Crippen molar-refractivity contribution < 1.29 is 23.7 Å². The molecular weight excluding hydrogens is 480 g/mol. The normalized spacial score (nSPS) is 14.8.